The average molecular weight is 544 g/mol. The zero-order valence-corrected chi connectivity index (χ0v) is 22.6. The highest BCUT2D eigenvalue weighted by Gasteiger charge is 2.44. The van der Waals surface area contributed by atoms with Crippen molar-refractivity contribution in [2.45, 2.75) is 46.6 Å². The first-order chi connectivity index (χ1) is 16.8. The number of nitrogens with zero attached hydrogens (tertiary/aromatic N) is 1. The monoisotopic (exact) mass is 542 g/mol. The fraction of sp³-hybridized carbons (Fsp3) is 0.429. The number of amides is 1. The minimum atomic E-state index is -0.713. The minimum absolute atomic E-state index is 0.0155. The van der Waals surface area contributed by atoms with Crippen LogP contribution in [-0.2, 0) is 9.59 Å². The van der Waals surface area contributed by atoms with Gasteiger partial charge < -0.3 is 19.6 Å². The fourth-order valence-electron chi connectivity index (χ4n) is 4.44. The Bertz CT molecular complexity index is 1090. The van der Waals surface area contributed by atoms with Gasteiger partial charge in [0.1, 0.15) is 5.75 Å². The topological polar surface area (TPSA) is 74.1 Å². The molecule has 1 atom stereocenters. The van der Waals surface area contributed by atoms with Gasteiger partial charge in [0, 0.05) is 10.0 Å². The maximum Gasteiger partial charge on any atom is 0.295 e. The van der Waals surface area contributed by atoms with E-state index >= 15 is 0 Å². The van der Waals surface area contributed by atoms with E-state index in [9.17, 15) is 14.7 Å². The second-order valence-electron chi connectivity index (χ2n) is 8.92. The van der Waals surface area contributed by atoms with Crippen LogP contribution >= 0.6 is 15.9 Å². The highest BCUT2D eigenvalue weighted by molar-refractivity contribution is 9.10. The SMILES string of the molecule is CCCCOc1ccc(/C([O-])=C2\C(=O)C(=O)N(CC[NH+](CC)CC)C2c2cccc(Br)c2)cc1C. The smallest absolute Gasteiger partial charge is 0.295 e. The Morgan fingerprint density at radius 1 is 1.11 bits per heavy atom. The van der Waals surface area contributed by atoms with E-state index in [1.165, 1.54) is 4.90 Å². The van der Waals surface area contributed by atoms with Crippen LogP contribution in [0.15, 0.2) is 52.5 Å². The van der Waals surface area contributed by atoms with E-state index in [1.807, 2.05) is 31.2 Å². The Labute approximate surface area is 216 Å². The number of halogens is 1. The molecule has 1 aliphatic rings. The molecule has 0 aliphatic carbocycles. The lowest BCUT2D eigenvalue weighted by molar-refractivity contribution is -0.895. The van der Waals surface area contributed by atoms with Gasteiger partial charge in [0.05, 0.1) is 38.8 Å². The summed E-state index contributed by atoms with van der Waals surface area (Å²) in [6.45, 7) is 11.8. The molecule has 0 radical (unpaired) electrons. The molecule has 2 aromatic carbocycles. The van der Waals surface area contributed by atoms with Crippen LogP contribution < -0.4 is 14.7 Å². The van der Waals surface area contributed by atoms with Gasteiger partial charge in [0.15, 0.2) is 0 Å². The largest absolute Gasteiger partial charge is 0.872 e. The Kier molecular flexibility index (Phi) is 9.52. The van der Waals surface area contributed by atoms with Crippen molar-refractivity contribution in [1.29, 1.82) is 0 Å². The molecule has 0 spiro atoms. The number of ketones is 1. The highest BCUT2D eigenvalue weighted by atomic mass is 79.9. The van der Waals surface area contributed by atoms with Gasteiger partial charge in [-0.25, -0.2) is 0 Å². The molecule has 7 heteroatoms. The van der Waals surface area contributed by atoms with E-state index in [0.29, 0.717) is 25.3 Å². The molecule has 1 amide bonds. The van der Waals surface area contributed by atoms with Gasteiger partial charge >= 0.3 is 0 Å². The van der Waals surface area contributed by atoms with Crippen LogP contribution in [0.4, 0.5) is 0 Å². The number of hydrogen-bond acceptors (Lipinski definition) is 4. The molecule has 1 N–H and O–H groups in total. The van der Waals surface area contributed by atoms with Gasteiger partial charge in [0.25, 0.3) is 5.91 Å². The first kappa shape index (κ1) is 27.0. The summed E-state index contributed by atoms with van der Waals surface area (Å²) >= 11 is 3.49. The quantitative estimate of drug-likeness (QED) is 0.205. The van der Waals surface area contributed by atoms with Crippen molar-refractivity contribution in [3.8, 4) is 5.75 Å². The van der Waals surface area contributed by atoms with E-state index in [4.69, 9.17) is 4.74 Å². The third kappa shape index (κ3) is 6.14. The Morgan fingerprint density at radius 2 is 1.86 bits per heavy atom. The van der Waals surface area contributed by atoms with Gasteiger partial charge in [-0.15, -0.1) is 0 Å². The second-order valence-corrected chi connectivity index (χ2v) is 9.83. The van der Waals surface area contributed by atoms with E-state index in [-0.39, 0.29) is 5.57 Å². The molecule has 1 heterocycles. The molecule has 0 bridgehead atoms. The molecule has 0 saturated carbocycles. The maximum absolute atomic E-state index is 13.7. The second kappa shape index (κ2) is 12.4. The summed E-state index contributed by atoms with van der Waals surface area (Å²) in [5.41, 5.74) is 1.97. The molecule has 1 saturated heterocycles. The number of rotatable bonds is 11. The number of likely N-dealkylation sites (N-methyl/N-ethyl adjacent to an activating group) is 1. The lowest BCUT2D eigenvalue weighted by Gasteiger charge is -2.28. The molecule has 1 aliphatic heterocycles. The normalized spacial score (nSPS) is 17.4. The van der Waals surface area contributed by atoms with Crippen molar-refractivity contribution in [3.05, 3.63) is 69.2 Å². The van der Waals surface area contributed by atoms with Gasteiger partial charge in [0.2, 0.25) is 5.78 Å². The van der Waals surface area contributed by atoms with Crippen molar-refractivity contribution >= 4 is 33.4 Å². The zero-order valence-electron chi connectivity index (χ0n) is 21.0. The van der Waals surface area contributed by atoms with Gasteiger partial charge in [-0.1, -0.05) is 53.2 Å². The van der Waals surface area contributed by atoms with Crippen molar-refractivity contribution in [2.24, 2.45) is 0 Å². The molecular weight excluding hydrogens is 508 g/mol. The van der Waals surface area contributed by atoms with Crippen LogP contribution in [-0.4, -0.2) is 49.4 Å². The molecule has 1 unspecified atom stereocenters. The molecule has 0 aromatic heterocycles. The summed E-state index contributed by atoms with van der Waals surface area (Å²) in [4.78, 5) is 29.2. The summed E-state index contributed by atoms with van der Waals surface area (Å²) in [5, 5.41) is 13.7. The van der Waals surface area contributed by atoms with Crippen LogP contribution in [0.25, 0.3) is 5.76 Å². The predicted octanol–water partition coefficient (Wildman–Crippen LogP) is 3.09. The zero-order chi connectivity index (χ0) is 25.5. The fourth-order valence-corrected chi connectivity index (χ4v) is 4.86. The number of Topliss-reactive ketones (excluding diaryl/α,β-unsaturated/α-hetero) is 1. The molecule has 2 aromatic rings. The van der Waals surface area contributed by atoms with Crippen molar-refractivity contribution in [2.75, 3.05) is 32.8 Å². The first-order valence-corrected chi connectivity index (χ1v) is 13.2. The number of nitrogens with one attached hydrogen (secondary N) is 1. The summed E-state index contributed by atoms with van der Waals surface area (Å²) in [6.07, 6.45) is 1.99. The van der Waals surface area contributed by atoms with Crippen molar-refractivity contribution < 1.29 is 24.3 Å². The third-order valence-corrected chi connectivity index (χ3v) is 7.09. The van der Waals surface area contributed by atoms with Crippen LogP contribution in [0.2, 0.25) is 0 Å². The van der Waals surface area contributed by atoms with Crippen LogP contribution in [0.1, 0.15) is 56.3 Å². The Balaban J connectivity index is 2.04. The number of quaternary nitrogens is 1. The lowest BCUT2D eigenvalue weighted by Crippen LogP contribution is -3.12. The highest BCUT2D eigenvalue weighted by Crippen LogP contribution is 2.39. The van der Waals surface area contributed by atoms with E-state index in [2.05, 4.69) is 36.7 Å². The molecule has 188 valence electrons. The standard InChI is InChI=1S/C28H35BrN2O4/c1-5-8-16-35-23-13-12-21(17-19(23)4)26(32)24-25(20-10-9-11-22(29)18-20)31(28(34)27(24)33)15-14-30(6-2)7-3/h9-13,17-18,25,32H,5-8,14-16H2,1-4H3/b26-24+. The van der Waals surface area contributed by atoms with Crippen molar-refractivity contribution in [1.82, 2.24) is 4.90 Å². The third-order valence-electron chi connectivity index (χ3n) is 6.59. The predicted molar refractivity (Wildman–Crippen MR) is 139 cm³/mol. The van der Waals surface area contributed by atoms with Crippen molar-refractivity contribution in [3.63, 3.8) is 0 Å². The Hall–Kier alpha value is -2.64. The summed E-state index contributed by atoms with van der Waals surface area (Å²) in [5.74, 6) is -1.01. The van der Waals surface area contributed by atoms with E-state index < -0.39 is 23.5 Å². The molecule has 6 nitrogen and oxygen atoms in total. The number of likely N-dealkylation sites (tertiary alicyclic amines) is 1. The first-order valence-electron chi connectivity index (χ1n) is 12.4. The van der Waals surface area contributed by atoms with Crippen LogP contribution in [0, 0.1) is 6.92 Å². The number of benzene rings is 2. The summed E-state index contributed by atoms with van der Waals surface area (Å²) in [6, 6.07) is 12.0. The molecule has 35 heavy (non-hydrogen) atoms. The number of hydrogen-bond donors (Lipinski definition) is 1. The number of carbonyl (C=O) groups is 2. The van der Waals surface area contributed by atoms with Crippen LogP contribution in [0.3, 0.4) is 0 Å². The number of ether oxygens (including phenoxy) is 1. The number of carbonyl (C=O) groups excluding carboxylic acids is 2. The molecule has 1 fully saturated rings. The molecular formula is C28H35BrN2O4. The van der Waals surface area contributed by atoms with Crippen LogP contribution in [0.5, 0.6) is 5.75 Å². The van der Waals surface area contributed by atoms with Gasteiger partial charge in [-0.2, -0.15) is 0 Å². The van der Waals surface area contributed by atoms with E-state index in [1.54, 1.807) is 23.1 Å². The minimum Gasteiger partial charge on any atom is -0.872 e. The van der Waals surface area contributed by atoms with Gasteiger partial charge in [-0.3, -0.25) is 9.59 Å². The number of unbranched alkanes of at least 4 members (excludes halogenated alkanes) is 1. The average Bonchev–Trinajstić information content (AvgIpc) is 3.10. The van der Waals surface area contributed by atoms with Gasteiger partial charge in [-0.05, 0) is 68.1 Å². The maximum atomic E-state index is 13.7. The van der Waals surface area contributed by atoms with E-state index in [0.717, 1.165) is 47.3 Å². The molecule has 3 rings (SSSR count). The lowest BCUT2D eigenvalue weighted by atomic mass is 9.95. The Morgan fingerprint density at radius 3 is 2.49 bits per heavy atom. The summed E-state index contributed by atoms with van der Waals surface area (Å²) < 4.78 is 6.64. The summed E-state index contributed by atoms with van der Waals surface area (Å²) in [7, 11) is 0. The number of aryl methyl sites for hydroxylation is 1.